The maximum Gasteiger partial charge on any atom is 0.124 e. The van der Waals surface area contributed by atoms with Crippen LogP contribution in [0.4, 0.5) is 0 Å². The summed E-state index contributed by atoms with van der Waals surface area (Å²) in [5, 5.41) is 3.45. The van der Waals surface area contributed by atoms with Crippen molar-refractivity contribution in [2.24, 2.45) is 5.73 Å². The number of nitrogens with two attached hydrogens (primary N) is 1. The van der Waals surface area contributed by atoms with Crippen molar-refractivity contribution in [1.82, 2.24) is 5.32 Å². The smallest absolute Gasteiger partial charge is 0.124 e. The average Bonchev–Trinajstić information content (AvgIpc) is 2.27. The SMILES string of the molecule is COc1c(C)cc(CNCCCC(C)N)cc1C. The predicted octanol–water partition coefficient (Wildman–Crippen LogP) is 2.53. The molecule has 0 fully saturated rings. The highest BCUT2D eigenvalue weighted by molar-refractivity contribution is 5.43. The molecule has 0 aliphatic carbocycles. The Balaban J connectivity index is 2.44. The van der Waals surface area contributed by atoms with E-state index in [1.165, 1.54) is 16.7 Å². The standard InChI is InChI=1S/C15H26N2O/c1-11-8-14(9-12(2)15(11)18-4)10-17-7-5-6-13(3)16/h8-9,13,17H,5-7,10,16H2,1-4H3. The van der Waals surface area contributed by atoms with Crippen LogP contribution in [-0.2, 0) is 6.54 Å². The van der Waals surface area contributed by atoms with Crippen LogP contribution in [0.5, 0.6) is 5.75 Å². The van der Waals surface area contributed by atoms with Gasteiger partial charge in [0, 0.05) is 12.6 Å². The Morgan fingerprint density at radius 2 is 1.89 bits per heavy atom. The van der Waals surface area contributed by atoms with Crippen molar-refractivity contribution in [3.8, 4) is 5.75 Å². The van der Waals surface area contributed by atoms with Gasteiger partial charge in [0.1, 0.15) is 5.75 Å². The van der Waals surface area contributed by atoms with E-state index in [0.29, 0.717) is 6.04 Å². The third-order valence-corrected chi connectivity index (χ3v) is 3.07. The minimum atomic E-state index is 0.303. The third-order valence-electron chi connectivity index (χ3n) is 3.07. The second kappa shape index (κ2) is 7.39. The number of aryl methyl sites for hydroxylation is 2. The first-order chi connectivity index (χ1) is 8.54. The topological polar surface area (TPSA) is 47.3 Å². The van der Waals surface area contributed by atoms with Crippen molar-refractivity contribution >= 4 is 0 Å². The van der Waals surface area contributed by atoms with Gasteiger partial charge in [0.2, 0.25) is 0 Å². The van der Waals surface area contributed by atoms with Crippen molar-refractivity contribution in [3.05, 3.63) is 28.8 Å². The number of benzene rings is 1. The minimum Gasteiger partial charge on any atom is -0.496 e. The zero-order valence-corrected chi connectivity index (χ0v) is 12.0. The van der Waals surface area contributed by atoms with Crippen LogP contribution in [0.1, 0.15) is 36.5 Å². The number of rotatable bonds is 7. The van der Waals surface area contributed by atoms with Gasteiger partial charge in [-0.05, 0) is 56.8 Å². The summed E-state index contributed by atoms with van der Waals surface area (Å²) in [5.74, 6) is 0.996. The van der Waals surface area contributed by atoms with E-state index in [4.69, 9.17) is 10.5 Å². The molecule has 0 bridgehead atoms. The fourth-order valence-electron chi connectivity index (χ4n) is 2.25. The molecule has 0 aliphatic rings. The molecule has 0 radical (unpaired) electrons. The quantitative estimate of drug-likeness (QED) is 0.731. The number of ether oxygens (including phenoxy) is 1. The van der Waals surface area contributed by atoms with Crippen molar-refractivity contribution in [2.75, 3.05) is 13.7 Å². The summed E-state index contributed by atoms with van der Waals surface area (Å²) in [4.78, 5) is 0. The van der Waals surface area contributed by atoms with E-state index in [1.54, 1.807) is 7.11 Å². The van der Waals surface area contributed by atoms with Gasteiger partial charge in [-0.3, -0.25) is 0 Å². The summed E-state index contributed by atoms with van der Waals surface area (Å²) in [6.07, 6.45) is 2.21. The Labute approximate surface area is 111 Å². The zero-order chi connectivity index (χ0) is 13.5. The average molecular weight is 250 g/mol. The van der Waals surface area contributed by atoms with Gasteiger partial charge >= 0.3 is 0 Å². The third kappa shape index (κ3) is 4.67. The lowest BCUT2D eigenvalue weighted by molar-refractivity contribution is 0.408. The van der Waals surface area contributed by atoms with Crippen LogP contribution in [0.3, 0.4) is 0 Å². The highest BCUT2D eigenvalue weighted by Gasteiger charge is 2.04. The highest BCUT2D eigenvalue weighted by atomic mass is 16.5. The highest BCUT2D eigenvalue weighted by Crippen LogP contribution is 2.24. The zero-order valence-electron chi connectivity index (χ0n) is 12.0. The van der Waals surface area contributed by atoms with Crippen LogP contribution >= 0.6 is 0 Å². The van der Waals surface area contributed by atoms with Crippen LogP contribution in [-0.4, -0.2) is 19.7 Å². The van der Waals surface area contributed by atoms with Crippen molar-refractivity contribution in [3.63, 3.8) is 0 Å². The van der Waals surface area contributed by atoms with Crippen LogP contribution in [0.15, 0.2) is 12.1 Å². The van der Waals surface area contributed by atoms with Crippen LogP contribution in [0.25, 0.3) is 0 Å². The molecule has 0 heterocycles. The summed E-state index contributed by atoms with van der Waals surface area (Å²) in [7, 11) is 1.72. The largest absolute Gasteiger partial charge is 0.496 e. The molecule has 1 aromatic rings. The van der Waals surface area contributed by atoms with Gasteiger partial charge in [-0.15, -0.1) is 0 Å². The van der Waals surface area contributed by atoms with Gasteiger partial charge in [-0.1, -0.05) is 12.1 Å². The molecular formula is C15H26N2O. The molecule has 1 rings (SSSR count). The number of hydrogen-bond acceptors (Lipinski definition) is 3. The molecule has 1 atom stereocenters. The molecular weight excluding hydrogens is 224 g/mol. The fourth-order valence-corrected chi connectivity index (χ4v) is 2.25. The molecule has 0 aliphatic heterocycles. The summed E-state index contributed by atoms with van der Waals surface area (Å²) in [6.45, 7) is 8.16. The van der Waals surface area contributed by atoms with Gasteiger partial charge in [-0.2, -0.15) is 0 Å². The molecule has 1 unspecified atom stereocenters. The minimum absolute atomic E-state index is 0.303. The van der Waals surface area contributed by atoms with E-state index in [2.05, 4.69) is 38.2 Å². The lowest BCUT2D eigenvalue weighted by Crippen LogP contribution is -2.20. The summed E-state index contributed by atoms with van der Waals surface area (Å²) in [6, 6.07) is 4.67. The first kappa shape index (κ1) is 15.0. The van der Waals surface area contributed by atoms with E-state index < -0.39 is 0 Å². The fraction of sp³-hybridized carbons (Fsp3) is 0.600. The first-order valence-corrected chi connectivity index (χ1v) is 6.65. The van der Waals surface area contributed by atoms with Crippen molar-refractivity contribution in [2.45, 2.75) is 46.2 Å². The molecule has 3 nitrogen and oxygen atoms in total. The molecule has 0 aromatic heterocycles. The molecule has 0 amide bonds. The van der Waals surface area contributed by atoms with Crippen LogP contribution in [0.2, 0.25) is 0 Å². The maximum atomic E-state index is 5.72. The molecule has 0 saturated heterocycles. The Hall–Kier alpha value is -1.06. The van der Waals surface area contributed by atoms with E-state index in [-0.39, 0.29) is 0 Å². The van der Waals surface area contributed by atoms with Crippen molar-refractivity contribution < 1.29 is 4.74 Å². The Bertz CT molecular complexity index is 352. The van der Waals surface area contributed by atoms with Gasteiger partial charge < -0.3 is 15.8 Å². The van der Waals surface area contributed by atoms with Gasteiger partial charge in [0.15, 0.2) is 0 Å². The second-order valence-electron chi connectivity index (χ2n) is 5.06. The summed E-state index contributed by atoms with van der Waals surface area (Å²) >= 11 is 0. The molecule has 3 heteroatoms. The Morgan fingerprint density at radius 1 is 1.28 bits per heavy atom. The molecule has 1 aromatic carbocycles. The lowest BCUT2D eigenvalue weighted by atomic mass is 10.1. The molecule has 3 N–H and O–H groups in total. The van der Waals surface area contributed by atoms with Crippen molar-refractivity contribution in [1.29, 1.82) is 0 Å². The number of hydrogen-bond donors (Lipinski definition) is 2. The summed E-state index contributed by atoms with van der Waals surface area (Å²) in [5.41, 5.74) is 9.43. The molecule has 0 spiro atoms. The van der Waals surface area contributed by atoms with Gasteiger partial charge in [-0.25, -0.2) is 0 Å². The van der Waals surface area contributed by atoms with Crippen LogP contribution in [0, 0.1) is 13.8 Å². The molecule has 18 heavy (non-hydrogen) atoms. The van der Waals surface area contributed by atoms with E-state index >= 15 is 0 Å². The Kier molecular flexibility index (Phi) is 6.16. The van der Waals surface area contributed by atoms with E-state index in [0.717, 1.165) is 31.7 Å². The normalized spacial score (nSPS) is 12.5. The van der Waals surface area contributed by atoms with Gasteiger partial charge in [0.25, 0.3) is 0 Å². The Morgan fingerprint density at radius 3 is 2.39 bits per heavy atom. The molecule has 102 valence electrons. The maximum absolute atomic E-state index is 5.72. The van der Waals surface area contributed by atoms with Crippen LogP contribution < -0.4 is 15.8 Å². The second-order valence-corrected chi connectivity index (χ2v) is 5.06. The first-order valence-electron chi connectivity index (χ1n) is 6.65. The number of methoxy groups -OCH3 is 1. The number of nitrogens with one attached hydrogen (secondary N) is 1. The van der Waals surface area contributed by atoms with E-state index in [9.17, 15) is 0 Å². The lowest BCUT2D eigenvalue weighted by Gasteiger charge is -2.12. The predicted molar refractivity (Wildman–Crippen MR) is 77.1 cm³/mol. The van der Waals surface area contributed by atoms with Gasteiger partial charge in [0.05, 0.1) is 7.11 Å². The molecule has 0 saturated carbocycles. The van der Waals surface area contributed by atoms with E-state index in [1.807, 2.05) is 0 Å². The monoisotopic (exact) mass is 250 g/mol. The summed E-state index contributed by atoms with van der Waals surface area (Å²) < 4.78 is 5.37.